The molecule has 2 aromatic heterocycles. The Kier molecular flexibility index (Phi) is 8.18. The van der Waals surface area contributed by atoms with Gasteiger partial charge in [-0.1, -0.05) is 61.9 Å². The van der Waals surface area contributed by atoms with Gasteiger partial charge in [0.05, 0.1) is 6.42 Å². The van der Waals surface area contributed by atoms with Gasteiger partial charge in [-0.2, -0.15) is 0 Å². The molecule has 0 saturated heterocycles. The zero-order valence-corrected chi connectivity index (χ0v) is 22.7. The molecule has 1 amide bonds. The van der Waals surface area contributed by atoms with Crippen molar-refractivity contribution in [3.05, 3.63) is 88.8 Å². The van der Waals surface area contributed by atoms with E-state index in [4.69, 9.17) is 9.15 Å². The van der Waals surface area contributed by atoms with Crippen LogP contribution < -0.4 is 5.32 Å². The number of carbonyl (C=O) groups is 3. The van der Waals surface area contributed by atoms with Gasteiger partial charge in [0.1, 0.15) is 11.8 Å². The average Bonchev–Trinajstić information content (AvgIpc) is 3.43. The fourth-order valence-electron chi connectivity index (χ4n) is 4.57. The van der Waals surface area contributed by atoms with Crippen molar-refractivity contribution >= 4 is 28.7 Å². The first-order valence-electron chi connectivity index (χ1n) is 12.8. The summed E-state index contributed by atoms with van der Waals surface area (Å²) in [4.78, 5) is 42.1. The molecule has 9 heteroatoms. The normalized spacial score (nSPS) is 12.9. The van der Waals surface area contributed by atoms with E-state index in [1.807, 2.05) is 73.3 Å². The lowest BCUT2D eigenvalue weighted by atomic mass is 10.0. The maximum Gasteiger partial charge on any atom is 0.358 e. The number of carbonyl (C=O) groups excluding carboxylic acids is 2. The van der Waals surface area contributed by atoms with E-state index in [2.05, 4.69) is 10.3 Å². The number of rotatable bonds is 10. The predicted octanol–water partition coefficient (Wildman–Crippen LogP) is 4.69. The number of ether oxygens (including phenoxy) is 1. The second kappa shape index (κ2) is 11.6. The van der Waals surface area contributed by atoms with Crippen molar-refractivity contribution in [1.82, 2.24) is 14.9 Å². The number of hydrogen-bond acceptors (Lipinski definition) is 6. The highest BCUT2D eigenvalue weighted by molar-refractivity contribution is 5.87. The summed E-state index contributed by atoms with van der Waals surface area (Å²) < 4.78 is 13.3. The van der Waals surface area contributed by atoms with Gasteiger partial charge in [-0.15, -0.1) is 0 Å². The third-order valence-electron chi connectivity index (χ3n) is 6.63. The van der Waals surface area contributed by atoms with E-state index in [-0.39, 0.29) is 36.1 Å². The van der Waals surface area contributed by atoms with Gasteiger partial charge in [0.25, 0.3) is 5.91 Å². The molecule has 0 aliphatic carbocycles. The van der Waals surface area contributed by atoms with Gasteiger partial charge in [-0.05, 0) is 37.0 Å². The van der Waals surface area contributed by atoms with Crippen molar-refractivity contribution < 1.29 is 28.6 Å². The highest BCUT2D eigenvalue weighted by Crippen LogP contribution is 2.27. The van der Waals surface area contributed by atoms with Crippen LogP contribution in [0, 0.1) is 19.8 Å². The van der Waals surface area contributed by atoms with E-state index in [1.165, 1.54) is 6.92 Å². The van der Waals surface area contributed by atoms with Crippen molar-refractivity contribution in [3.8, 4) is 0 Å². The summed E-state index contributed by atoms with van der Waals surface area (Å²) in [6.45, 7) is 7.06. The summed E-state index contributed by atoms with van der Waals surface area (Å²) in [5.74, 6) is -2.35. The Bertz CT molecular complexity index is 1500. The van der Waals surface area contributed by atoms with E-state index in [0.29, 0.717) is 0 Å². The van der Waals surface area contributed by atoms with Crippen LogP contribution in [-0.2, 0) is 34.2 Å². The molecule has 0 spiro atoms. The second-order valence-corrected chi connectivity index (χ2v) is 10.1. The fraction of sp³-hybridized carbons (Fsp3) is 0.333. The smallest absolute Gasteiger partial charge is 0.358 e. The molecule has 2 atom stereocenters. The Morgan fingerprint density at radius 1 is 1.08 bits per heavy atom. The molecule has 0 unspecified atom stereocenters. The van der Waals surface area contributed by atoms with Crippen LogP contribution in [0.4, 0.5) is 0 Å². The largest absolute Gasteiger partial charge is 0.476 e. The minimum atomic E-state index is -1.22. The van der Waals surface area contributed by atoms with Crippen molar-refractivity contribution in [3.63, 3.8) is 0 Å². The van der Waals surface area contributed by atoms with Gasteiger partial charge in [0.2, 0.25) is 5.89 Å². The van der Waals surface area contributed by atoms with E-state index in [9.17, 15) is 19.5 Å². The van der Waals surface area contributed by atoms with Gasteiger partial charge >= 0.3 is 11.9 Å². The lowest BCUT2D eigenvalue weighted by molar-refractivity contribution is -0.158. The number of oxazole rings is 1. The summed E-state index contributed by atoms with van der Waals surface area (Å²) >= 11 is 0. The molecule has 2 aromatic carbocycles. The monoisotopic (exact) mass is 531 g/mol. The molecule has 9 nitrogen and oxygen atoms in total. The number of nitrogens with one attached hydrogen (secondary N) is 1. The molecule has 0 aliphatic rings. The number of carboxylic acids is 1. The molecule has 4 aromatic rings. The summed E-state index contributed by atoms with van der Waals surface area (Å²) in [6, 6.07) is 14.6. The number of aryl methyl sites for hydroxylation is 3. The average molecular weight is 532 g/mol. The Labute approximate surface area is 226 Å². The zero-order chi connectivity index (χ0) is 28.3. The van der Waals surface area contributed by atoms with E-state index in [0.717, 1.165) is 27.6 Å². The molecule has 0 saturated carbocycles. The van der Waals surface area contributed by atoms with Crippen LogP contribution in [0.25, 0.3) is 10.9 Å². The number of benzene rings is 2. The molecule has 2 N–H and O–H groups in total. The third-order valence-corrected chi connectivity index (χ3v) is 6.63. The Balaban J connectivity index is 1.59. The molecule has 39 heavy (non-hydrogen) atoms. The molecule has 4 rings (SSSR count). The van der Waals surface area contributed by atoms with Crippen LogP contribution >= 0.6 is 0 Å². The summed E-state index contributed by atoms with van der Waals surface area (Å²) in [5, 5.41) is 13.4. The number of fused-ring (bicyclic) bond motifs is 1. The first kappa shape index (κ1) is 27.6. The van der Waals surface area contributed by atoms with Crippen LogP contribution in [-0.4, -0.2) is 38.6 Å². The quantitative estimate of drug-likeness (QED) is 0.285. The van der Waals surface area contributed by atoms with Crippen molar-refractivity contribution in [1.29, 1.82) is 0 Å². The number of nitrogens with zero attached hydrogens (tertiary/aromatic N) is 2. The summed E-state index contributed by atoms with van der Waals surface area (Å²) in [7, 11) is 1.93. The first-order valence-corrected chi connectivity index (χ1v) is 12.8. The molecule has 0 bridgehead atoms. The van der Waals surface area contributed by atoms with Gasteiger partial charge in [0.15, 0.2) is 11.8 Å². The Morgan fingerprint density at radius 2 is 1.77 bits per heavy atom. The number of amides is 1. The van der Waals surface area contributed by atoms with Crippen LogP contribution in [0.3, 0.4) is 0 Å². The number of carboxylic acid groups (broad SMARTS) is 1. The summed E-state index contributed by atoms with van der Waals surface area (Å²) in [5.41, 5.74) is 3.59. The van der Waals surface area contributed by atoms with E-state index < -0.39 is 30.0 Å². The standard InChI is InChI=1S/C30H33N3O6/c1-17(2)27(39-25(34)14-20-12-10-18(3)11-13-20)28(35)31-23(29-32-26(30(36)37)19(4)38-29)15-21-16-33(5)24-9-7-6-8-22(21)24/h6-13,16-17,23,27H,14-15H2,1-5H3,(H,31,35)(H,36,37)/t23-,27+/m1/s1. The van der Waals surface area contributed by atoms with E-state index in [1.54, 1.807) is 13.8 Å². The van der Waals surface area contributed by atoms with E-state index >= 15 is 0 Å². The zero-order valence-electron chi connectivity index (χ0n) is 22.7. The molecule has 0 aliphatic heterocycles. The highest BCUT2D eigenvalue weighted by Gasteiger charge is 2.32. The Morgan fingerprint density at radius 3 is 2.41 bits per heavy atom. The second-order valence-electron chi connectivity index (χ2n) is 10.1. The molecule has 2 heterocycles. The molecular weight excluding hydrogens is 498 g/mol. The lowest BCUT2D eigenvalue weighted by Crippen LogP contribution is -2.43. The number of esters is 1. The number of para-hydroxylation sites is 1. The fourth-order valence-corrected chi connectivity index (χ4v) is 4.57. The first-order chi connectivity index (χ1) is 18.5. The highest BCUT2D eigenvalue weighted by atomic mass is 16.5. The minimum absolute atomic E-state index is 0.0388. The topological polar surface area (TPSA) is 124 Å². The van der Waals surface area contributed by atoms with Gasteiger partial charge in [0, 0.05) is 30.6 Å². The van der Waals surface area contributed by atoms with Crippen LogP contribution in [0.1, 0.15) is 58.7 Å². The number of aromatic nitrogens is 2. The molecule has 0 radical (unpaired) electrons. The molecule has 0 fully saturated rings. The maximum atomic E-state index is 13.5. The van der Waals surface area contributed by atoms with Crippen LogP contribution in [0.15, 0.2) is 59.1 Å². The predicted molar refractivity (Wildman–Crippen MR) is 145 cm³/mol. The van der Waals surface area contributed by atoms with Gasteiger partial charge in [-0.25, -0.2) is 9.78 Å². The summed E-state index contributed by atoms with van der Waals surface area (Å²) in [6.07, 6.45) is 1.22. The molecular formula is C30H33N3O6. The molecule has 204 valence electrons. The third kappa shape index (κ3) is 6.37. The van der Waals surface area contributed by atoms with Crippen molar-refractivity contribution in [2.75, 3.05) is 0 Å². The lowest BCUT2D eigenvalue weighted by Gasteiger charge is -2.23. The van der Waals surface area contributed by atoms with Gasteiger partial charge in [-0.3, -0.25) is 9.59 Å². The minimum Gasteiger partial charge on any atom is -0.476 e. The van der Waals surface area contributed by atoms with Crippen molar-refractivity contribution in [2.24, 2.45) is 13.0 Å². The number of hydrogen-bond donors (Lipinski definition) is 2. The Hall–Kier alpha value is -4.40. The van der Waals surface area contributed by atoms with Crippen LogP contribution in [0.2, 0.25) is 0 Å². The SMILES string of the molecule is Cc1ccc(CC(=O)O[C@H](C(=O)N[C@H](Cc2cn(C)c3ccccc23)c2nc(C(=O)O)c(C)o2)C(C)C)cc1. The number of aromatic carboxylic acids is 1. The van der Waals surface area contributed by atoms with Crippen molar-refractivity contribution in [2.45, 2.75) is 52.7 Å². The van der Waals surface area contributed by atoms with Gasteiger partial charge < -0.3 is 24.1 Å². The maximum absolute atomic E-state index is 13.5. The van der Waals surface area contributed by atoms with Crippen LogP contribution in [0.5, 0.6) is 0 Å².